The number of aliphatic hydroxyl groups excluding tert-OH is 1. The fourth-order valence-electron chi connectivity index (χ4n) is 1.73. The summed E-state index contributed by atoms with van der Waals surface area (Å²) in [7, 11) is 0. The van der Waals surface area contributed by atoms with Gasteiger partial charge in [0, 0.05) is 0 Å². The van der Waals surface area contributed by atoms with E-state index in [1.54, 1.807) is 12.2 Å². The van der Waals surface area contributed by atoms with E-state index in [9.17, 15) is 4.79 Å². The van der Waals surface area contributed by atoms with Crippen LogP contribution in [0, 0.1) is 0 Å². The number of ketones is 1. The number of rotatable bonds is 4. The van der Waals surface area contributed by atoms with Crippen LogP contribution in [0.5, 0.6) is 5.75 Å². The Kier molecular flexibility index (Phi) is 3.73. The molecule has 0 bridgehead atoms. The molecule has 0 aliphatic heterocycles. The fraction of sp³-hybridized carbons (Fsp3) is 0.214. The molecular weight excluding hydrogens is 216 g/mol. The molecule has 2 rings (SSSR count). The number of ether oxygens (including phenoxy) is 1. The van der Waals surface area contributed by atoms with Crippen molar-refractivity contribution in [2.24, 2.45) is 0 Å². The fourth-order valence-corrected chi connectivity index (χ4v) is 1.73. The summed E-state index contributed by atoms with van der Waals surface area (Å²) in [6.45, 7) is 0.279. The Hall–Kier alpha value is -1.87. The molecule has 1 aliphatic rings. The van der Waals surface area contributed by atoms with Gasteiger partial charge in [-0.05, 0) is 23.8 Å². The maximum absolute atomic E-state index is 11.6. The average molecular weight is 230 g/mol. The Morgan fingerprint density at radius 1 is 1.18 bits per heavy atom. The molecule has 1 aromatic rings. The van der Waals surface area contributed by atoms with Crippen LogP contribution >= 0.6 is 0 Å². The van der Waals surface area contributed by atoms with Crippen molar-refractivity contribution < 1.29 is 14.6 Å². The summed E-state index contributed by atoms with van der Waals surface area (Å²) in [5.41, 5.74) is 0.951. The molecule has 0 saturated heterocycles. The van der Waals surface area contributed by atoms with Crippen molar-refractivity contribution in [2.45, 2.75) is 5.92 Å². The lowest BCUT2D eigenvalue weighted by Crippen LogP contribution is -2.09. The Morgan fingerprint density at radius 3 is 2.59 bits per heavy atom. The molecule has 1 unspecified atom stereocenters. The van der Waals surface area contributed by atoms with E-state index in [4.69, 9.17) is 9.84 Å². The molecule has 1 atom stereocenters. The standard InChI is InChI=1S/C14H14O3/c15-9-10-17-12-7-5-11(6-8-12)13-3-1-2-4-14(13)16/h1-8,13,15H,9-10H2. The first-order valence-corrected chi connectivity index (χ1v) is 5.53. The van der Waals surface area contributed by atoms with Crippen LogP contribution < -0.4 is 4.74 Å². The molecule has 0 heterocycles. The van der Waals surface area contributed by atoms with E-state index in [1.165, 1.54) is 0 Å². The Labute approximate surface area is 100 Å². The summed E-state index contributed by atoms with van der Waals surface area (Å²) >= 11 is 0. The van der Waals surface area contributed by atoms with Gasteiger partial charge in [0.2, 0.25) is 0 Å². The highest BCUT2D eigenvalue weighted by molar-refractivity contribution is 5.98. The van der Waals surface area contributed by atoms with Gasteiger partial charge >= 0.3 is 0 Å². The lowest BCUT2D eigenvalue weighted by molar-refractivity contribution is -0.115. The summed E-state index contributed by atoms with van der Waals surface area (Å²) < 4.78 is 5.26. The summed E-state index contributed by atoms with van der Waals surface area (Å²) in [6, 6.07) is 7.37. The number of benzene rings is 1. The van der Waals surface area contributed by atoms with Crippen LogP contribution in [0.1, 0.15) is 11.5 Å². The van der Waals surface area contributed by atoms with Crippen molar-refractivity contribution in [1.29, 1.82) is 0 Å². The summed E-state index contributed by atoms with van der Waals surface area (Å²) in [6.07, 6.45) is 7.09. The second kappa shape index (κ2) is 5.46. The molecule has 1 aliphatic carbocycles. The van der Waals surface area contributed by atoms with E-state index in [2.05, 4.69) is 0 Å². The highest BCUT2D eigenvalue weighted by Gasteiger charge is 2.16. The van der Waals surface area contributed by atoms with Crippen molar-refractivity contribution in [3.8, 4) is 5.75 Å². The van der Waals surface area contributed by atoms with Gasteiger partial charge in [-0.15, -0.1) is 0 Å². The lowest BCUT2D eigenvalue weighted by atomic mass is 9.91. The van der Waals surface area contributed by atoms with Crippen molar-refractivity contribution in [1.82, 2.24) is 0 Å². The van der Waals surface area contributed by atoms with Gasteiger partial charge in [0.05, 0.1) is 12.5 Å². The van der Waals surface area contributed by atoms with Crippen molar-refractivity contribution >= 4 is 5.78 Å². The third-order valence-electron chi connectivity index (χ3n) is 2.58. The van der Waals surface area contributed by atoms with E-state index in [1.807, 2.05) is 36.4 Å². The zero-order valence-corrected chi connectivity index (χ0v) is 9.37. The molecule has 0 radical (unpaired) electrons. The number of hydrogen-bond donors (Lipinski definition) is 1. The Morgan fingerprint density at radius 2 is 1.94 bits per heavy atom. The van der Waals surface area contributed by atoms with Crippen LogP contribution in [0.15, 0.2) is 48.6 Å². The Balaban J connectivity index is 2.10. The van der Waals surface area contributed by atoms with Crippen LogP contribution in [-0.2, 0) is 4.79 Å². The van der Waals surface area contributed by atoms with Crippen LogP contribution in [0.4, 0.5) is 0 Å². The van der Waals surface area contributed by atoms with E-state index in [0.717, 1.165) is 5.56 Å². The molecule has 17 heavy (non-hydrogen) atoms. The first-order chi connectivity index (χ1) is 8.31. The van der Waals surface area contributed by atoms with Crippen LogP contribution in [0.25, 0.3) is 0 Å². The maximum atomic E-state index is 11.6. The van der Waals surface area contributed by atoms with Crippen molar-refractivity contribution in [2.75, 3.05) is 13.2 Å². The molecular formula is C14H14O3. The topological polar surface area (TPSA) is 46.5 Å². The zero-order chi connectivity index (χ0) is 12.1. The van der Waals surface area contributed by atoms with E-state index < -0.39 is 0 Å². The van der Waals surface area contributed by atoms with Gasteiger partial charge in [0.1, 0.15) is 12.4 Å². The van der Waals surface area contributed by atoms with Crippen LogP contribution in [-0.4, -0.2) is 24.1 Å². The third kappa shape index (κ3) is 2.82. The SMILES string of the molecule is O=C1C=CC=CC1c1ccc(OCCO)cc1. The summed E-state index contributed by atoms with van der Waals surface area (Å²) in [5.74, 6) is 0.606. The number of carbonyl (C=O) groups excluding carboxylic acids is 1. The number of carbonyl (C=O) groups is 1. The molecule has 1 aromatic carbocycles. The summed E-state index contributed by atoms with van der Waals surface area (Å²) in [5, 5.41) is 8.63. The van der Waals surface area contributed by atoms with Crippen molar-refractivity contribution in [3.63, 3.8) is 0 Å². The first-order valence-electron chi connectivity index (χ1n) is 5.53. The Bertz CT molecular complexity index is 443. The normalized spacial score (nSPS) is 18.4. The largest absolute Gasteiger partial charge is 0.491 e. The molecule has 88 valence electrons. The van der Waals surface area contributed by atoms with Gasteiger partial charge < -0.3 is 9.84 Å². The van der Waals surface area contributed by atoms with Crippen molar-refractivity contribution in [3.05, 3.63) is 54.1 Å². The van der Waals surface area contributed by atoms with Gasteiger partial charge in [-0.1, -0.05) is 30.4 Å². The van der Waals surface area contributed by atoms with E-state index >= 15 is 0 Å². The van der Waals surface area contributed by atoms with Gasteiger partial charge in [-0.25, -0.2) is 0 Å². The second-order valence-electron chi connectivity index (χ2n) is 3.77. The number of hydrogen-bond acceptors (Lipinski definition) is 3. The predicted octanol–water partition coefficient (Wildman–Crippen LogP) is 1.84. The molecule has 0 spiro atoms. The van der Waals surface area contributed by atoms with Crippen LogP contribution in [0.2, 0.25) is 0 Å². The van der Waals surface area contributed by atoms with E-state index in [-0.39, 0.29) is 24.9 Å². The maximum Gasteiger partial charge on any atom is 0.166 e. The first kappa shape index (κ1) is 11.6. The predicted molar refractivity (Wildman–Crippen MR) is 65.1 cm³/mol. The number of aliphatic hydroxyl groups is 1. The average Bonchev–Trinajstić information content (AvgIpc) is 2.38. The lowest BCUT2D eigenvalue weighted by Gasteiger charge is -2.13. The minimum absolute atomic E-state index is 0.00358. The van der Waals surface area contributed by atoms with Gasteiger partial charge in [0.15, 0.2) is 5.78 Å². The van der Waals surface area contributed by atoms with Crippen LogP contribution in [0.3, 0.4) is 0 Å². The highest BCUT2D eigenvalue weighted by atomic mass is 16.5. The van der Waals surface area contributed by atoms with Gasteiger partial charge in [-0.3, -0.25) is 4.79 Å². The minimum Gasteiger partial charge on any atom is -0.491 e. The van der Waals surface area contributed by atoms with E-state index in [0.29, 0.717) is 5.75 Å². The third-order valence-corrected chi connectivity index (χ3v) is 2.58. The summed E-state index contributed by atoms with van der Waals surface area (Å²) in [4.78, 5) is 11.6. The minimum atomic E-state index is -0.188. The molecule has 3 heteroatoms. The monoisotopic (exact) mass is 230 g/mol. The molecule has 0 aromatic heterocycles. The smallest absolute Gasteiger partial charge is 0.166 e. The molecule has 0 fully saturated rings. The molecule has 3 nitrogen and oxygen atoms in total. The second-order valence-corrected chi connectivity index (χ2v) is 3.77. The quantitative estimate of drug-likeness (QED) is 0.858. The highest BCUT2D eigenvalue weighted by Crippen LogP contribution is 2.23. The molecule has 0 saturated carbocycles. The van der Waals surface area contributed by atoms with Gasteiger partial charge in [-0.2, -0.15) is 0 Å². The molecule has 0 amide bonds. The zero-order valence-electron chi connectivity index (χ0n) is 9.37. The number of allylic oxidation sites excluding steroid dienone is 4. The van der Waals surface area contributed by atoms with Gasteiger partial charge in [0.25, 0.3) is 0 Å². The molecule has 1 N–H and O–H groups in total.